The van der Waals surface area contributed by atoms with E-state index in [1.807, 2.05) is 20.9 Å². The van der Waals surface area contributed by atoms with Crippen molar-refractivity contribution in [2.75, 3.05) is 13.6 Å². The highest BCUT2D eigenvalue weighted by Gasteiger charge is 2.13. The Morgan fingerprint density at radius 3 is 2.82 bits per heavy atom. The Morgan fingerprint density at radius 2 is 2.36 bits per heavy atom. The van der Waals surface area contributed by atoms with Crippen LogP contribution in [0, 0.1) is 0 Å². The Labute approximate surface area is 66.3 Å². The van der Waals surface area contributed by atoms with Gasteiger partial charge >= 0.3 is 0 Å². The zero-order valence-electron chi connectivity index (χ0n) is 7.09. The predicted molar refractivity (Wildman–Crippen MR) is 45.0 cm³/mol. The molecular weight excluding hydrogens is 142 g/mol. The normalized spacial score (nSPS) is 19.9. The van der Waals surface area contributed by atoms with Crippen LogP contribution in [-0.2, 0) is 4.84 Å². The minimum absolute atomic E-state index is 0.145. The molecule has 0 aromatic rings. The molecule has 1 atom stereocenters. The van der Waals surface area contributed by atoms with Crippen molar-refractivity contribution in [2.24, 2.45) is 10.1 Å². The number of oxime groups is 1. The summed E-state index contributed by atoms with van der Waals surface area (Å²) in [6, 6.07) is 0.145. The number of rotatable bonds is 2. The summed E-state index contributed by atoms with van der Waals surface area (Å²) in [5, 5.41) is 6.85. The molecule has 0 saturated carbocycles. The third-order valence-corrected chi connectivity index (χ3v) is 1.56. The molecule has 0 fully saturated rings. The van der Waals surface area contributed by atoms with E-state index in [9.17, 15) is 0 Å². The SMILES string of the molecule is CN[C@H](C)C1=NCC(C)=NO1. The Balaban J connectivity index is 2.51. The maximum atomic E-state index is 5.02. The fraction of sp³-hybridized carbons (Fsp3) is 0.714. The zero-order chi connectivity index (χ0) is 8.27. The largest absolute Gasteiger partial charge is 0.340 e. The first-order valence-corrected chi connectivity index (χ1v) is 3.66. The van der Waals surface area contributed by atoms with E-state index in [-0.39, 0.29) is 6.04 Å². The third-order valence-electron chi connectivity index (χ3n) is 1.56. The summed E-state index contributed by atoms with van der Waals surface area (Å²) in [7, 11) is 1.86. The number of hydrogen-bond donors (Lipinski definition) is 1. The van der Waals surface area contributed by atoms with Gasteiger partial charge in [-0.15, -0.1) is 0 Å². The summed E-state index contributed by atoms with van der Waals surface area (Å²) in [6.07, 6.45) is 0. The Bertz CT molecular complexity index is 198. The van der Waals surface area contributed by atoms with Crippen LogP contribution in [-0.4, -0.2) is 31.2 Å². The molecule has 1 N–H and O–H groups in total. The van der Waals surface area contributed by atoms with Gasteiger partial charge in [0.2, 0.25) is 5.90 Å². The number of nitrogens with one attached hydrogen (secondary N) is 1. The Hall–Kier alpha value is -0.900. The molecule has 0 radical (unpaired) electrons. The molecule has 0 unspecified atom stereocenters. The highest BCUT2D eigenvalue weighted by atomic mass is 16.6. The average molecular weight is 155 g/mol. The van der Waals surface area contributed by atoms with Crippen molar-refractivity contribution in [3.8, 4) is 0 Å². The monoisotopic (exact) mass is 155 g/mol. The summed E-state index contributed by atoms with van der Waals surface area (Å²) >= 11 is 0. The van der Waals surface area contributed by atoms with Gasteiger partial charge in [0.15, 0.2) is 0 Å². The minimum Gasteiger partial charge on any atom is -0.340 e. The first-order valence-electron chi connectivity index (χ1n) is 3.66. The maximum absolute atomic E-state index is 5.02. The summed E-state index contributed by atoms with van der Waals surface area (Å²) < 4.78 is 0. The lowest BCUT2D eigenvalue weighted by molar-refractivity contribution is 0.300. The van der Waals surface area contributed by atoms with Gasteiger partial charge in [0.25, 0.3) is 0 Å². The molecule has 11 heavy (non-hydrogen) atoms. The first-order chi connectivity index (χ1) is 5.24. The van der Waals surface area contributed by atoms with Gasteiger partial charge in [-0.1, -0.05) is 5.16 Å². The minimum atomic E-state index is 0.145. The van der Waals surface area contributed by atoms with Crippen LogP contribution >= 0.6 is 0 Å². The zero-order valence-corrected chi connectivity index (χ0v) is 7.09. The van der Waals surface area contributed by atoms with E-state index < -0.39 is 0 Å². The van der Waals surface area contributed by atoms with Crippen LogP contribution < -0.4 is 5.32 Å². The quantitative estimate of drug-likeness (QED) is 0.627. The molecule has 0 aliphatic carbocycles. The second kappa shape index (κ2) is 3.48. The van der Waals surface area contributed by atoms with E-state index in [4.69, 9.17) is 4.84 Å². The van der Waals surface area contributed by atoms with Crippen molar-refractivity contribution in [3.05, 3.63) is 0 Å². The molecule has 1 aliphatic heterocycles. The van der Waals surface area contributed by atoms with Crippen molar-refractivity contribution in [2.45, 2.75) is 19.9 Å². The molecular formula is C7H13N3O. The molecule has 4 nitrogen and oxygen atoms in total. The standard InChI is InChI=1S/C7H13N3O/c1-5-4-9-7(11-10-5)6(2)8-3/h6,8H,4H2,1-3H3/t6-/m1/s1. The molecule has 62 valence electrons. The van der Waals surface area contributed by atoms with E-state index >= 15 is 0 Å². The van der Waals surface area contributed by atoms with Crippen LogP contribution in [0.3, 0.4) is 0 Å². The average Bonchev–Trinajstić information content (AvgIpc) is 2.05. The van der Waals surface area contributed by atoms with E-state index in [0.29, 0.717) is 12.4 Å². The van der Waals surface area contributed by atoms with Gasteiger partial charge in [0, 0.05) is 0 Å². The fourth-order valence-electron chi connectivity index (χ4n) is 0.714. The van der Waals surface area contributed by atoms with Crippen molar-refractivity contribution < 1.29 is 4.84 Å². The number of aliphatic imine (C=N–C) groups is 1. The number of hydrogen-bond acceptors (Lipinski definition) is 4. The summed E-state index contributed by atoms with van der Waals surface area (Å²) in [5.74, 6) is 0.665. The van der Waals surface area contributed by atoms with Gasteiger partial charge in [-0.3, -0.25) is 0 Å². The predicted octanol–water partition coefficient (Wildman–Crippen LogP) is 0.399. The molecule has 0 aromatic carbocycles. The molecule has 0 saturated heterocycles. The summed E-state index contributed by atoms with van der Waals surface area (Å²) in [4.78, 5) is 9.20. The molecule has 4 heteroatoms. The molecule has 0 amide bonds. The van der Waals surface area contributed by atoms with Crippen molar-refractivity contribution >= 4 is 11.6 Å². The van der Waals surface area contributed by atoms with E-state index in [1.165, 1.54) is 0 Å². The van der Waals surface area contributed by atoms with E-state index in [1.54, 1.807) is 0 Å². The lowest BCUT2D eigenvalue weighted by Gasteiger charge is -2.14. The highest BCUT2D eigenvalue weighted by molar-refractivity contribution is 5.91. The van der Waals surface area contributed by atoms with Crippen molar-refractivity contribution in [3.63, 3.8) is 0 Å². The number of nitrogens with zero attached hydrogens (tertiary/aromatic N) is 2. The van der Waals surface area contributed by atoms with Gasteiger partial charge in [-0.2, -0.15) is 0 Å². The smallest absolute Gasteiger partial charge is 0.237 e. The van der Waals surface area contributed by atoms with Crippen LogP contribution in [0.5, 0.6) is 0 Å². The van der Waals surface area contributed by atoms with Crippen LogP contribution in [0.25, 0.3) is 0 Å². The van der Waals surface area contributed by atoms with Gasteiger partial charge in [-0.25, -0.2) is 4.99 Å². The molecule has 1 heterocycles. The second-order valence-electron chi connectivity index (χ2n) is 2.58. The molecule has 0 spiro atoms. The van der Waals surface area contributed by atoms with Crippen molar-refractivity contribution in [1.29, 1.82) is 0 Å². The number of likely N-dealkylation sites (N-methyl/N-ethyl adjacent to an activating group) is 1. The Morgan fingerprint density at radius 1 is 1.64 bits per heavy atom. The fourth-order valence-corrected chi connectivity index (χ4v) is 0.714. The van der Waals surface area contributed by atoms with Crippen LogP contribution in [0.1, 0.15) is 13.8 Å². The maximum Gasteiger partial charge on any atom is 0.237 e. The molecule has 0 bridgehead atoms. The summed E-state index contributed by atoms with van der Waals surface area (Å²) in [6.45, 7) is 4.53. The molecule has 0 aromatic heterocycles. The highest BCUT2D eigenvalue weighted by Crippen LogP contribution is 1.98. The van der Waals surface area contributed by atoms with Crippen molar-refractivity contribution in [1.82, 2.24) is 5.32 Å². The van der Waals surface area contributed by atoms with Crippen LogP contribution in [0.4, 0.5) is 0 Å². The molecule has 1 aliphatic rings. The van der Waals surface area contributed by atoms with Gasteiger partial charge in [-0.05, 0) is 20.9 Å². The van der Waals surface area contributed by atoms with E-state index in [0.717, 1.165) is 5.71 Å². The third kappa shape index (κ3) is 2.01. The van der Waals surface area contributed by atoms with Gasteiger partial charge < -0.3 is 10.2 Å². The topological polar surface area (TPSA) is 46.0 Å². The Kier molecular flexibility index (Phi) is 2.59. The molecule has 1 rings (SSSR count). The second-order valence-corrected chi connectivity index (χ2v) is 2.58. The van der Waals surface area contributed by atoms with E-state index in [2.05, 4.69) is 15.5 Å². The first kappa shape index (κ1) is 8.20. The van der Waals surface area contributed by atoms with Crippen LogP contribution in [0.2, 0.25) is 0 Å². The lowest BCUT2D eigenvalue weighted by atomic mass is 10.3. The van der Waals surface area contributed by atoms with Crippen LogP contribution in [0.15, 0.2) is 10.1 Å². The van der Waals surface area contributed by atoms with Gasteiger partial charge in [0.1, 0.15) is 0 Å². The summed E-state index contributed by atoms with van der Waals surface area (Å²) in [5.41, 5.74) is 0.914. The van der Waals surface area contributed by atoms with Gasteiger partial charge in [0.05, 0.1) is 18.3 Å². The lowest BCUT2D eigenvalue weighted by Crippen LogP contribution is -2.33.